The molecule has 0 spiro atoms. The van der Waals surface area contributed by atoms with E-state index in [9.17, 15) is 70.3 Å². The Balaban J connectivity index is 1.50. The molecule has 3 saturated heterocycles. The zero-order valence-corrected chi connectivity index (χ0v) is 64.2. The van der Waals surface area contributed by atoms with E-state index in [1.807, 2.05) is 0 Å². The summed E-state index contributed by atoms with van der Waals surface area (Å²) in [4.78, 5) is 54.1. The summed E-state index contributed by atoms with van der Waals surface area (Å²) in [5, 5.41) is 92.5. The van der Waals surface area contributed by atoms with Gasteiger partial charge in [0.2, 0.25) is 5.91 Å². The lowest BCUT2D eigenvalue weighted by Gasteiger charge is -2.42. The number of carbonyl (C=O) groups excluding carboxylic acids is 1. The molecular weight excluding hydrogens is 1470 g/mol. The molecule has 0 saturated carbocycles. The van der Waals surface area contributed by atoms with Crippen LogP contribution in [0.4, 0.5) is 0 Å². The fourth-order valence-corrected chi connectivity index (χ4v) is 14.6. The molecule has 10 unspecified atom stereocenters. The third-order valence-corrected chi connectivity index (χ3v) is 22.6. The number of aliphatic hydroxyl groups excluding tert-OH is 9. The highest BCUT2D eigenvalue weighted by atomic mass is 32.5. The van der Waals surface area contributed by atoms with Crippen molar-refractivity contribution < 1.29 is 154 Å². The minimum absolute atomic E-state index is 0.00513. The topological polar surface area (TPSA) is 458 Å². The molecule has 33 nitrogen and oxygen atoms in total. The standard InChI is InChI=1S/C58H115NO32P4S4/c1-42-49(64)51(66)45(35-60)89-55(42)79-25-11-5-8-14-28-83-93(71,97)86-32-18-22-76-39-58(38-75-21-17-31-82-92(70,96)74-4,40-77-23-19-33-87-94(72,98)84-29-15-9-6-12-26-80-56-43(2)50(65)52(67)46(36-61)90-56)41-78-24-20-34-88-95(73,99)85-30-16-10-7-13-27-81-57-48(59-44(3)63)54(69)53(68)47(37-62)91-57/h42-43,45-57,60-62,64-69H,5-41H2,1-4H3,(H,59,63)(H,70,96)(H,71,97)(H,72,98)(H,73,99)/t42?,43?,45?,46?,47?,48?,49-,50-,51+,52+,53+,54-,55-,56-,57-,58?,92?,93?,94?,95?/m1/s1. The molecule has 3 heterocycles. The van der Waals surface area contributed by atoms with Crippen LogP contribution in [0.5, 0.6) is 0 Å². The number of unbranched alkanes of at least 4 members (excludes halogenated alkanes) is 9. The van der Waals surface area contributed by atoms with Crippen LogP contribution in [-0.4, -0.2) is 297 Å². The molecule has 3 fully saturated rings. The minimum Gasteiger partial charge on any atom is -0.394 e. The number of rotatable bonds is 60. The predicted molar refractivity (Wildman–Crippen MR) is 371 cm³/mol. The van der Waals surface area contributed by atoms with Gasteiger partial charge in [0.15, 0.2) is 18.9 Å². The van der Waals surface area contributed by atoms with Gasteiger partial charge in [-0.3, -0.25) is 4.79 Å². The van der Waals surface area contributed by atoms with Crippen LogP contribution in [0.2, 0.25) is 0 Å². The van der Waals surface area contributed by atoms with E-state index in [0.29, 0.717) is 90.3 Å². The first-order valence-electron chi connectivity index (χ1n) is 33.8. The minimum atomic E-state index is -3.63. The average molecular weight is 1590 g/mol. The van der Waals surface area contributed by atoms with E-state index in [1.165, 1.54) is 14.0 Å². The molecule has 0 radical (unpaired) electrons. The maximum Gasteiger partial charge on any atom is 0.324 e. The molecule has 0 aromatic heterocycles. The van der Waals surface area contributed by atoms with Gasteiger partial charge in [-0.15, -0.1) is 0 Å². The molecule has 99 heavy (non-hydrogen) atoms. The van der Waals surface area contributed by atoms with Crippen molar-refractivity contribution in [2.75, 3.05) is 146 Å². The Morgan fingerprint density at radius 3 is 0.939 bits per heavy atom. The van der Waals surface area contributed by atoms with Crippen molar-refractivity contribution in [1.82, 2.24) is 5.32 Å². The summed E-state index contributed by atoms with van der Waals surface area (Å²) < 4.78 is 102. The van der Waals surface area contributed by atoms with Gasteiger partial charge in [0.05, 0.1) is 110 Å². The van der Waals surface area contributed by atoms with Crippen LogP contribution in [0, 0.1) is 17.3 Å². The van der Waals surface area contributed by atoms with Gasteiger partial charge < -0.3 is 154 Å². The van der Waals surface area contributed by atoms with Gasteiger partial charge in [0.1, 0.15) is 48.8 Å². The summed E-state index contributed by atoms with van der Waals surface area (Å²) in [5.74, 6) is -1.44. The Kier molecular flexibility index (Phi) is 49.4. The van der Waals surface area contributed by atoms with Crippen LogP contribution < -0.4 is 5.32 Å². The lowest BCUT2D eigenvalue weighted by atomic mass is 9.92. The van der Waals surface area contributed by atoms with Crippen molar-refractivity contribution in [2.24, 2.45) is 17.3 Å². The van der Waals surface area contributed by atoms with E-state index in [2.05, 4.69) is 5.32 Å². The van der Waals surface area contributed by atoms with Crippen LogP contribution in [-0.2, 0) is 136 Å². The number of hydrogen-bond donors (Lipinski definition) is 14. The van der Waals surface area contributed by atoms with Gasteiger partial charge in [0, 0.05) is 72.1 Å². The third-order valence-electron chi connectivity index (χ3n) is 16.0. The fourth-order valence-electron chi connectivity index (χ4n) is 10.2. The summed E-state index contributed by atoms with van der Waals surface area (Å²) >= 11 is 20.7. The van der Waals surface area contributed by atoms with Gasteiger partial charge in [-0.05, 0) is 111 Å². The van der Waals surface area contributed by atoms with Crippen LogP contribution in [0.3, 0.4) is 0 Å². The largest absolute Gasteiger partial charge is 0.394 e. The summed E-state index contributed by atoms with van der Waals surface area (Å²) in [7, 11) is 1.25. The number of amides is 1. The second kappa shape index (κ2) is 52.0. The normalized spacial score (nSPS) is 29.1. The molecular formula is C58H115NO32P4S4. The van der Waals surface area contributed by atoms with Crippen LogP contribution in [0.1, 0.15) is 124 Å². The molecule has 0 aliphatic carbocycles. The van der Waals surface area contributed by atoms with Gasteiger partial charge in [0.25, 0.3) is 0 Å². The van der Waals surface area contributed by atoms with Crippen LogP contribution >= 0.6 is 26.9 Å². The van der Waals surface area contributed by atoms with Crippen molar-refractivity contribution in [1.29, 1.82) is 0 Å². The number of ether oxygens (including phenoxy) is 10. The Bertz CT molecular complexity index is 2240. The highest BCUT2D eigenvalue weighted by molar-refractivity contribution is 8.08. The maximum absolute atomic E-state index is 11.7. The maximum atomic E-state index is 11.7. The Hall–Kier alpha value is 0.830. The summed E-state index contributed by atoms with van der Waals surface area (Å²) in [6.07, 6.45) is -3.90. The smallest absolute Gasteiger partial charge is 0.324 e. The van der Waals surface area contributed by atoms with Crippen molar-refractivity contribution in [2.45, 2.75) is 203 Å². The molecule has 3 aliphatic heterocycles. The highest BCUT2D eigenvalue weighted by Gasteiger charge is 2.46. The molecule has 14 N–H and O–H groups in total. The van der Waals surface area contributed by atoms with Crippen molar-refractivity contribution in [3.63, 3.8) is 0 Å². The van der Waals surface area contributed by atoms with Gasteiger partial charge in [-0.1, -0.05) is 52.4 Å². The molecule has 1 amide bonds. The number of carbonyl (C=O) groups is 1. The van der Waals surface area contributed by atoms with E-state index in [0.717, 1.165) is 25.7 Å². The fraction of sp³-hybridized carbons (Fsp3) is 0.983. The zero-order chi connectivity index (χ0) is 73.3. The van der Waals surface area contributed by atoms with Crippen molar-refractivity contribution in [3.05, 3.63) is 0 Å². The van der Waals surface area contributed by atoms with E-state index in [1.54, 1.807) is 13.8 Å². The second-order valence-electron chi connectivity index (χ2n) is 24.4. The predicted octanol–water partition coefficient (Wildman–Crippen LogP) is 2.05. The van der Waals surface area contributed by atoms with E-state index < -0.39 is 150 Å². The monoisotopic (exact) mass is 1590 g/mol. The van der Waals surface area contributed by atoms with E-state index >= 15 is 0 Å². The molecule has 3 rings (SSSR count). The first-order valence-corrected chi connectivity index (χ1v) is 44.1. The average Bonchev–Trinajstić information content (AvgIpc) is 0.826. The van der Waals surface area contributed by atoms with Gasteiger partial charge in [-0.2, -0.15) is 0 Å². The van der Waals surface area contributed by atoms with Crippen LogP contribution in [0.25, 0.3) is 0 Å². The van der Waals surface area contributed by atoms with Crippen molar-refractivity contribution >= 4 is 80.0 Å². The lowest BCUT2D eigenvalue weighted by Crippen LogP contribution is -2.64. The summed E-state index contributed by atoms with van der Waals surface area (Å²) in [5.41, 5.74) is -0.966. The number of aliphatic hydroxyl groups is 9. The van der Waals surface area contributed by atoms with E-state index in [-0.39, 0.29) is 106 Å². The van der Waals surface area contributed by atoms with Crippen molar-refractivity contribution in [3.8, 4) is 0 Å². The molecule has 0 bridgehead atoms. The van der Waals surface area contributed by atoms with E-state index in [4.69, 9.17) is 131 Å². The van der Waals surface area contributed by atoms with Crippen LogP contribution in [0.15, 0.2) is 0 Å². The third kappa shape index (κ3) is 39.2. The molecule has 3 aliphatic rings. The van der Waals surface area contributed by atoms with Gasteiger partial charge >= 0.3 is 26.9 Å². The Morgan fingerprint density at radius 1 is 0.384 bits per heavy atom. The summed E-state index contributed by atoms with van der Waals surface area (Å²) in [6, 6.07) is -1.04. The first-order chi connectivity index (χ1) is 47.1. The quantitative estimate of drug-likeness (QED) is 0.0306. The number of nitrogens with one attached hydrogen (secondary N) is 1. The molecule has 19 atom stereocenters. The molecule has 0 aromatic carbocycles. The Morgan fingerprint density at radius 2 is 0.646 bits per heavy atom. The number of hydrogen-bond acceptors (Lipinski definition) is 32. The summed E-state index contributed by atoms with van der Waals surface area (Å²) in [6.45, 7) is -8.96. The molecule has 0 aromatic rings. The highest BCUT2D eigenvalue weighted by Crippen LogP contribution is 2.46. The Labute approximate surface area is 602 Å². The zero-order valence-electron chi connectivity index (χ0n) is 57.3. The second-order valence-corrected chi connectivity index (χ2v) is 35.9. The van der Waals surface area contributed by atoms with Gasteiger partial charge in [-0.25, -0.2) is 0 Å². The SMILES string of the molecule is COP(O)(=S)OCCCOCC(COCCCOP(O)(=S)OCCCCCCO[C@@H]1OC(CO)[C@H](O)[C@H](O)C1C)(COCCCOP(O)(=S)OCCCCCCO[C@@H]1OC(CO)[C@H](O)[C@H](O)C1C)COCCCOP(O)(=S)OCCCCCCO[C@@H]1OC(CO)[C@H](O)[C@H](O)C1NC(C)=O. The first kappa shape index (κ1) is 94.0. The molecule has 41 heteroatoms. The lowest BCUT2D eigenvalue weighted by molar-refractivity contribution is -0.282. The molecule has 588 valence electrons.